The van der Waals surface area contributed by atoms with E-state index in [4.69, 9.17) is 4.52 Å². The van der Waals surface area contributed by atoms with Crippen LogP contribution in [-0.2, 0) is 4.52 Å². The average Bonchev–Trinajstić information content (AvgIpc) is 3.08. The SMILES string of the molecule is CC.COP(O)CCCCC1CCC2C3CCC4CCCCC4(C)C3CCC12C. The lowest BCUT2D eigenvalue weighted by atomic mass is 9.45. The highest BCUT2D eigenvalue weighted by atomic mass is 31.2. The van der Waals surface area contributed by atoms with E-state index in [1.165, 1.54) is 70.6 Å². The lowest BCUT2D eigenvalue weighted by Gasteiger charge is -2.60. The third kappa shape index (κ3) is 4.61. The van der Waals surface area contributed by atoms with Crippen molar-refractivity contribution in [3.05, 3.63) is 0 Å². The van der Waals surface area contributed by atoms with Gasteiger partial charge in [0, 0.05) is 13.3 Å². The maximum Gasteiger partial charge on any atom is 0.167 e. The molecule has 0 aromatic carbocycles. The fraction of sp³-hybridized carbons (Fsp3) is 1.00. The smallest absolute Gasteiger partial charge is 0.167 e. The topological polar surface area (TPSA) is 29.5 Å². The molecule has 4 aliphatic carbocycles. The molecule has 0 aromatic rings. The second-order valence-electron chi connectivity index (χ2n) is 11.0. The van der Waals surface area contributed by atoms with Gasteiger partial charge in [0.1, 0.15) is 0 Å². The molecule has 8 atom stereocenters. The van der Waals surface area contributed by atoms with Crippen molar-refractivity contribution in [3.8, 4) is 0 Å². The van der Waals surface area contributed by atoms with Gasteiger partial charge in [-0.05, 0) is 105 Å². The van der Waals surface area contributed by atoms with Gasteiger partial charge in [0.25, 0.3) is 0 Å². The van der Waals surface area contributed by atoms with Gasteiger partial charge >= 0.3 is 0 Å². The van der Waals surface area contributed by atoms with Crippen molar-refractivity contribution in [2.45, 2.75) is 111 Å². The predicted octanol–water partition coefficient (Wildman–Crippen LogP) is 8.18. The zero-order chi connectivity index (χ0) is 21.1. The Kier molecular flexibility index (Phi) is 8.53. The van der Waals surface area contributed by atoms with E-state index in [0.717, 1.165) is 42.2 Å². The third-order valence-electron chi connectivity index (χ3n) is 10.1. The Morgan fingerprint density at radius 1 is 0.862 bits per heavy atom. The van der Waals surface area contributed by atoms with Gasteiger partial charge in [-0.2, -0.15) is 0 Å². The molecule has 0 aliphatic heterocycles. The molecule has 29 heavy (non-hydrogen) atoms. The molecule has 0 spiro atoms. The van der Waals surface area contributed by atoms with E-state index in [0.29, 0.717) is 10.8 Å². The van der Waals surface area contributed by atoms with E-state index >= 15 is 0 Å². The van der Waals surface area contributed by atoms with Crippen molar-refractivity contribution in [1.29, 1.82) is 0 Å². The van der Waals surface area contributed by atoms with E-state index in [1.807, 2.05) is 13.8 Å². The van der Waals surface area contributed by atoms with E-state index in [2.05, 4.69) is 13.8 Å². The number of fused-ring (bicyclic) bond motifs is 5. The van der Waals surface area contributed by atoms with Crippen molar-refractivity contribution < 1.29 is 9.42 Å². The molecule has 4 rings (SSSR count). The molecule has 0 radical (unpaired) electrons. The molecule has 0 amide bonds. The van der Waals surface area contributed by atoms with Gasteiger partial charge in [0.2, 0.25) is 0 Å². The molecule has 170 valence electrons. The Hall–Kier alpha value is 0.350. The van der Waals surface area contributed by atoms with Crippen molar-refractivity contribution in [1.82, 2.24) is 0 Å². The van der Waals surface area contributed by atoms with Crippen molar-refractivity contribution >= 4 is 8.38 Å². The summed E-state index contributed by atoms with van der Waals surface area (Å²) in [7, 11) is 0.479. The van der Waals surface area contributed by atoms with Crippen LogP contribution < -0.4 is 0 Å². The average molecular weight is 425 g/mol. The maximum atomic E-state index is 9.68. The van der Waals surface area contributed by atoms with Gasteiger partial charge in [0.15, 0.2) is 8.38 Å². The van der Waals surface area contributed by atoms with E-state index in [1.54, 1.807) is 13.5 Å². The molecule has 4 saturated carbocycles. The van der Waals surface area contributed by atoms with Crippen LogP contribution in [0.15, 0.2) is 0 Å². The normalized spacial score (nSPS) is 44.7. The van der Waals surface area contributed by atoms with Crippen LogP contribution in [0.25, 0.3) is 0 Å². The standard InChI is InChI=1S/C24H43O2P.C2H6/c1-23-15-6-4-8-18(23)10-12-20-21-13-11-19(9-5-7-17-27(25)26-3)24(21,2)16-14-22(20)23;1-2/h18-22,25H,4-17H2,1-3H3;1-2H3. The third-order valence-corrected chi connectivity index (χ3v) is 11.3. The van der Waals surface area contributed by atoms with Crippen molar-refractivity contribution in [3.63, 3.8) is 0 Å². The summed E-state index contributed by atoms with van der Waals surface area (Å²) in [6.07, 6.45) is 19.8. The first kappa shape index (κ1) is 24.0. The maximum absolute atomic E-state index is 9.68. The van der Waals surface area contributed by atoms with Crippen LogP contribution in [0.4, 0.5) is 0 Å². The minimum Gasteiger partial charge on any atom is -0.350 e. The van der Waals surface area contributed by atoms with E-state index < -0.39 is 8.38 Å². The van der Waals surface area contributed by atoms with Gasteiger partial charge in [-0.1, -0.05) is 47.0 Å². The van der Waals surface area contributed by atoms with Gasteiger partial charge in [-0.3, -0.25) is 0 Å². The highest BCUT2D eigenvalue weighted by Crippen LogP contribution is 2.67. The Balaban J connectivity index is 0.00000117. The van der Waals surface area contributed by atoms with Gasteiger partial charge in [-0.25, -0.2) is 0 Å². The predicted molar refractivity (Wildman–Crippen MR) is 126 cm³/mol. The summed E-state index contributed by atoms with van der Waals surface area (Å²) < 4.78 is 5.06. The molecule has 1 N–H and O–H groups in total. The van der Waals surface area contributed by atoms with Crippen molar-refractivity contribution in [2.75, 3.05) is 13.3 Å². The summed E-state index contributed by atoms with van der Waals surface area (Å²) in [6, 6.07) is 0. The zero-order valence-electron chi connectivity index (χ0n) is 20.1. The first-order valence-electron chi connectivity index (χ1n) is 13.0. The lowest BCUT2D eigenvalue weighted by molar-refractivity contribution is -0.111. The summed E-state index contributed by atoms with van der Waals surface area (Å²) >= 11 is 0. The quantitative estimate of drug-likeness (QED) is 0.344. The molecule has 8 unspecified atom stereocenters. The van der Waals surface area contributed by atoms with Crippen LogP contribution in [0.5, 0.6) is 0 Å². The summed E-state index contributed by atoms with van der Waals surface area (Å²) in [5, 5.41) is 0. The molecule has 0 saturated heterocycles. The highest BCUT2D eigenvalue weighted by molar-refractivity contribution is 7.46. The highest BCUT2D eigenvalue weighted by Gasteiger charge is 2.59. The van der Waals surface area contributed by atoms with Gasteiger partial charge < -0.3 is 9.42 Å². The molecule has 2 nitrogen and oxygen atoms in total. The summed E-state index contributed by atoms with van der Waals surface area (Å²) in [5.74, 6) is 5.06. The number of rotatable bonds is 6. The largest absolute Gasteiger partial charge is 0.350 e. The first-order chi connectivity index (χ1) is 14.0. The van der Waals surface area contributed by atoms with Crippen LogP contribution in [0.2, 0.25) is 0 Å². The molecule has 4 fully saturated rings. The van der Waals surface area contributed by atoms with E-state index in [9.17, 15) is 4.89 Å². The molecular formula is C26H49O2P. The van der Waals surface area contributed by atoms with Crippen molar-refractivity contribution in [2.24, 2.45) is 40.4 Å². The first-order valence-corrected chi connectivity index (χ1v) is 14.4. The molecular weight excluding hydrogens is 375 g/mol. The molecule has 4 aliphatic rings. The molecule has 0 aromatic heterocycles. The van der Waals surface area contributed by atoms with Crippen LogP contribution in [0.1, 0.15) is 111 Å². The van der Waals surface area contributed by atoms with Crippen LogP contribution in [-0.4, -0.2) is 18.2 Å². The minimum absolute atomic E-state index is 0.615. The summed E-state index contributed by atoms with van der Waals surface area (Å²) in [5.41, 5.74) is 1.29. The zero-order valence-corrected chi connectivity index (χ0v) is 21.0. The Morgan fingerprint density at radius 3 is 2.38 bits per heavy atom. The Labute approximate surface area is 182 Å². The second kappa shape index (κ2) is 10.3. The molecule has 3 heteroatoms. The number of hydrogen-bond donors (Lipinski definition) is 1. The number of unbranched alkanes of at least 4 members (excludes halogenated alkanes) is 1. The van der Waals surface area contributed by atoms with Gasteiger partial charge in [0.05, 0.1) is 0 Å². The van der Waals surface area contributed by atoms with Crippen LogP contribution >= 0.6 is 8.38 Å². The monoisotopic (exact) mass is 424 g/mol. The fourth-order valence-electron chi connectivity index (χ4n) is 8.61. The Bertz CT molecular complexity index is 511. The van der Waals surface area contributed by atoms with Crippen LogP contribution in [0, 0.1) is 40.4 Å². The fourth-order valence-corrected chi connectivity index (χ4v) is 9.28. The number of hydrogen-bond acceptors (Lipinski definition) is 2. The Morgan fingerprint density at radius 2 is 1.62 bits per heavy atom. The summed E-state index contributed by atoms with van der Waals surface area (Å²) in [4.78, 5) is 9.68. The van der Waals surface area contributed by atoms with E-state index in [-0.39, 0.29) is 0 Å². The minimum atomic E-state index is -1.15. The van der Waals surface area contributed by atoms with Gasteiger partial charge in [-0.15, -0.1) is 0 Å². The second-order valence-corrected chi connectivity index (χ2v) is 12.5. The lowest BCUT2D eigenvalue weighted by Crippen LogP contribution is -2.52. The summed E-state index contributed by atoms with van der Waals surface area (Å²) in [6.45, 7) is 9.38. The molecule has 0 heterocycles. The van der Waals surface area contributed by atoms with Crippen LogP contribution in [0.3, 0.4) is 0 Å². The molecule has 0 bridgehead atoms.